The van der Waals surface area contributed by atoms with E-state index in [1.807, 2.05) is 0 Å². The molecule has 120 valence electrons. The molecule has 0 saturated carbocycles. The van der Waals surface area contributed by atoms with Crippen LogP contribution in [-0.2, 0) is 14.8 Å². The molecule has 2 atom stereocenters. The lowest BCUT2D eigenvalue weighted by molar-refractivity contribution is -0.143. The molecular formula is C14H18N2O5S. The van der Waals surface area contributed by atoms with Crippen LogP contribution in [0.25, 0.3) is 0 Å². The monoisotopic (exact) mass is 326 g/mol. The molecule has 8 heteroatoms. The smallest absolute Gasteiger partial charge is 0.307 e. The number of benzene rings is 1. The number of carboxylic acid groups (broad SMARTS) is 1. The third-order valence-electron chi connectivity index (χ3n) is 3.92. The Balaban J connectivity index is 2.31. The van der Waals surface area contributed by atoms with Gasteiger partial charge < -0.3 is 10.8 Å². The van der Waals surface area contributed by atoms with E-state index in [2.05, 4.69) is 0 Å². The molecule has 1 heterocycles. The van der Waals surface area contributed by atoms with Crippen molar-refractivity contribution in [3.63, 3.8) is 0 Å². The zero-order valence-corrected chi connectivity index (χ0v) is 12.9. The van der Waals surface area contributed by atoms with Gasteiger partial charge in [0.2, 0.25) is 15.9 Å². The fraction of sp³-hybridized carbons (Fsp3) is 0.429. The molecule has 22 heavy (non-hydrogen) atoms. The molecule has 0 bridgehead atoms. The number of piperidine rings is 1. The molecule has 1 aliphatic rings. The van der Waals surface area contributed by atoms with Crippen LogP contribution in [0, 0.1) is 5.92 Å². The lowest BCUT2D eigenvalue weighted by Gasteiger charge is -2.35. The van der Waals surface area contributed by atoms with Crippen molar-refractivity contribution >= 4 is 21.9 Å². The van der Waals surface area contributed by atoms with E-state index in [0.717, 1.165) is 0 Å². The van der Waals surface area contributed by atoms with Crippen LogP contribution in [0.1, 0.15) is 30.1 Å². The van der Waals surface area contributed by atoms with E-state index >= 15 is 0 Å². The average Bonchev–Trinajstić information content (AvgIpc) is 2.47. The van der Waals surface area contributed by atoms with Crippen LogP contribution in [0.4, 0.5) is 0 Å². The number of nitrogens with two attached hydrogens (primary N) is 1. The van der Waals surface area contributed by atoms with Crippen molar-refractivity contribution < 1.29 is 23.1 Å². The van der Waals surface area contributed by atoms with Crippen LogP contribution in [-0.4, -0.2) is 42.3 Å². The van der Waals surface area contributed by atoms with Gasteiger partial charge in [-0.15, -0.1) is 0 Å². The summed E-state index contributed by atoms with van der Waals surface area (Å²) in [7, 11) is -3.80. The standard InChI is InChI=1S/C14H18N2O5S/c1-9-2-3-11(14(18)19)8-16(9)22(20,21)12-6-4-10(5-7-12)13(15)17/h4-7,9,11H,2-3,8H2,1H3,(H2,15,17)(H,18,19). The van der Waals surface area contributed by atoms with Gasteiger partial charge in [-0.2, -0.15) is 4.31 Å². The summed E-state index contributed by atoms with van der Waals surface area (Å²) in [5.74, 6) is -2.33. The quantitative estimate of drug-likeness (QED) is 0.842. The predicted molar refractivity (Wildman–Crippen MR) is 78.7 cm³/mol. The molecule has 1 saturated heterocycles. The van der Waals surface area contributed by atoms with E-state index in [4.69, 9.17) is 10.8 Å². The number of sulfonamides is 1. The molecule has 1 amide bonds. The molecule has 7 nitrogen and oxygen atoms in total. The third kappa shape index (κ3) is 3.12. The van der Waals surface area contributed by atoms with Crippen LogP contribution in [0.15, 0.2) is 29.2 Å². The van der Waals surface area contributed by atoms with Gasteiger partial charge in [0.25, 0.3) is 0 Å². The number of carbonyl (C=O) groups is 2. The summed E-state index contributed by atoms with van der Waals surface area (Å²) in [6, 6.07) is 5.05. The summed E-state index contributed by atoms with van der Waals surface area (Å²) in [5, 5.41) is 9.10. The second-order valence-corrected chi connectivity index (χ2v) is 7.32. The maximum Gasteiger partial charge on any atom is 0.307 e. The number of nitrogens with zero attached hydrogens (tertiary/aromatic N) is 1. The number of aliphatic carboxylic acids is 1. The summed E-state index contributed by atoms with van der Waals surface area (Å²) in [5.41, 5.74) is 5.34. The largest absolute Gasteiger partial charge is 0.481 e. The zero-order chi connectivity index (χ0) is 16.5. The lowest BCUT2D eigenvalue weighted by Crippen LogP contribution is -2.47. The molecule has 0 radical (unpaired) electrons. The Morgan fingerprint density at radius 1 is 1.23 bits per heavy atom. The van der Waals surface area contributed by atoms with Gasteiger partial charge in [-0.05, 0) is 44.0 Å². The molecule has 1 aliphatic heterocycles. The molecule has 0 aliphatic carbocycles. The highest BCUT2D eigenvalue weighted by atomic mass is 32.2. The van der Waals surface area contributed by atoms with Crippen molar-refractivity contribution in [3.8, 4) is 0 Å². The number of rotatable bonds is 4. The number of hydrogen-bond acceptors (Lipinski definition) is 4. The predicted octanol–water partition coefficient (Wildman–Crippen LogP) is 0.659. The average molecular weight is 326 g/mol. The van der Waals surface area contributed by atoms with Crippen molar-refractivity contribution in [2.75, 3.05) is 6.54 Å². The van der Waals surface area contributed by atoms with Crippen molar-refractivity contribution in [1.82, 2.24) is 4.31 Å². The SMILES string of the molecule is CC1CCC(C(=O)O)CN1S(=O)(=O)c1ccc(C(N)=O)cc1. The zero-order valence-electron chi connectivity index (χ0n) is 12.1. The van der Waals surface area contributed by atoms with E-state index < -0.39 is 27.8 Å². The Labute approximate surface area is 128 Å². The van der Waals surface area contributed by atoms with Crippen LogP contribution in [0.3, 0.4) is 0 Å². The highest BCUT2D eigenvalue weighted by Gasteiger charge is 2.37. The first kappa shape index (κ1) is 16.4. The second-order valence-electron chi connectivity index (χ2n) is 5.42. The molecule has 1 aromatic carbocycles. The summed E-state index contributed by atoms with van der Waals surface area (Å²) >= 11 is 0. The normalized spacial score (nSPS) is 23.1. The maximum atomic E-state index is 12.7. The van der Waals surface area contributed by atoms with Gasteiger partial charge in [0.05, 0.1) is 10.8 Å². The number of carboxylic acids is 1. The van der Waals surface area contributed by atoms with Crippen molar-refractivity contribution in [1.29, 1.82) is 0 Å². The molecular weight excluding hydrogens is 308 g/mol. The highest BCUT2D eigenvalue weighted by Crippen LogP contribution is 2.28. The van der Waals surface area contributed by atoms with Crippen LogP contribution >= 0.6 is 0 Å². The van der Waals surface area contributed by atoms with Crippen molar-refractivity contribution in [3.05, 3.63) is 29.8 Å². The maximum absolute atomic E-state index is 12.7. The van der Waals surface area contributed by atoms with Gasteiger partial charge in [0.1, 0.15) is 0 Å². The van der Waals surface area contributed by atoms with Gasteiger partial charge in [0, 0.05) is 18.2 Å². The van der Waals surface area contributed by atoms with Gasteiger partial charge in [0.15, 0.2) is 0 Å². The summed E-state index contributed by atoms with van der Waals surface area (Å²) in [4.78, 5) is 22.2. The van der Waals surface area contributed by atoms with E-state index in [1.165, 1.54) is 28.6 Å². The first-order valence-corrected chi connectivity index (χ1v) is 8.32. The van der Waals surface area contributed by atoms with Crippen LogP contribution in [0.2, 0.25) is 0 Å². The first-order chi connectivity index (χ1) is 10.2. The molecule has 2 rings (SSSR count). The minimum absolute atomic E-state index is 0.0235. The molecule has 3 N–H and O–H groups in total. The Hall–Kier alpha value is -1.93. The third-order valence-corrected chi connectivity index (χ3v) is 5.91. The molecule has 1 aromatic rings. The second kappa shape index (κ2) is 6.05. The van der Waals surface area contributed by atoms with Gasteiger partial charge in [-0.25, -0.2) is 8.42 Å². The summed E-state index contributed by atoms with van der Waals surface area (Å²) in [6.07, 6.45) is 0.957. The van der Waals surface area contributed by atoms with Crippen LogP contribution < -0.4 is 5.73 Å². The summed E-state index contributed by atoms with van der Waals surface area (Å²) < 4.78 is 26.5. The van der Waals surface area contributed by atoms with Crippen molar-refractivity contribution in [2.24, 2.45) is 11.7 Å². The minimum Gasteiger partial charge on any atom is -0.481 e. The molecule has 2 unspecified atom stereocenters. The molecule has 0 spiro atoms. The fourth-order valence-corrected chi connectivity index (χ4v) is 4.24. The molecule has 0 aromatic heterocycles. The lowest BCUT2D eigenvalue weighted by atomic mass is 9.96. The van der Waals surface area contributed by atoms with E-state index in [0.29, 0.717) is 12.8 Å². The Morgan fingerprint density at radius 3 is 2.32 bits per heavy atom. The van der Waals surface area contributed by atoms with E-state index in [9.17, 15) is 18.0 Å². The first-order valence-electron chi connectivity index (χ1n) is 6.88. The number of hydrogen-bond donors (Lipinski definition) is 2. The van der Waals surface area contributed by atoms with Crippen LogP contribution in [0.5, 0.6) is 0 Å². The number of carbonyl (C=O) groups excluding carboxylic acids is 1. The van der Waals surface area contributed by atoms with Gasteiger partial charge in [-0.1, -0.05) is 0 Å². The topological polar surface area (TPSA) is 118 Å². The molecule has 1 fully saturated rings. The fourth-order valence-electron chi connectivity index (χ4n) is 2.54. The van der Waals surface area contributed by atoms with Gasteiger partial charge in [-0.3, -0.25) is 9.59 Å². The summed E-state index contributed by atoms with van der Waals surface area (Å²) in [6.45, 7) is 1.71. The Kier molecular flexibility index (Phi) is 4.52. The number of primary amides is 1. The minimum atomic E-state index is -3.80. The van der Waals surface area contributed by atoms with E-state index in [-0.39, 0.29) is 23.0 Å². The highest BCUT2D eigenvalue weighted by molar-refractivity contribution is 7.89. The Morgan fingerprint density at radius 2 is 1.82 bits per heavy atom. The van der Waals surface area contributed by atoms with E-state index in [1.54, 1.807) is 6.92 Å². The Bertz CT molecular complexity index is 684. The van der Waals surface area contributed by atoms with Crippen molar-refractivity contribution in [2.45, 2.75) is 30.7 Å². The van der Waals surface area contributed by atoms with Gasteiger partial charge >= 0.3 is 5.97 Å². The number of amides is 1.